The maximum absolute atomic E-state index is 12.0. The van der Waals surface area contributed by atoms with E-state index in [9.17, 15) is 9.59 Å². The van der Waals surface area contributed by atoms with Crippen molar-refractivity contribution in [2.45, 2.75) is 13.0 Å². The fourth-order valence-electron chi connectivity index (χ4n) is 2.13. The van der Waals surface area contributed by atoms with Crippen LogP contribution in [0.1, 0.15) is 28.9 Å². The summed E-state index contributed by atoms with van der Waals surface area (Å²) in [6.07, 6.45) is 0.723. The number of amides is 1. The van der Waals surface area contributed by atoms with Crippen LogP contribution in [0.15, 0.2) is 48.5 Å². The third-order valence-electron chi connectivity index (χ3n) is 3.36. The largest absolute Gasteiger partial charge is 0.493 e. The van der Waals surface area contributed by atoms with Gasteiger partial charge >= 0.3 is 0 Å². The molecule has 1 atom stereocenters. The molecule has 0 saturated heterocycles. The van der Waals surface area contributed by atoms with Crippen molar-refractivity contribution >= 4 is 12.2 Å². The first kappa shape index (κ1) is 16.5. The first-order valence-electron chi connectivity index (χ1n) is 7.24. The van der Waals surface area contributed by atoms with Gasteiger partial charge in [-0.15, -0.1) is 0 Å². The maximum atomic E-state index is 12.0. The van der Waals surface area contributed by atoms with Crippen molar-refractivity contribution in [1.29, 1.82) is 0 Å². The first-order chi connectivity index (χ1) is 11.1. The van der Waals surface area contributed by atoms with E-state index < -0.39 is 0 Å². The molecule has 0 unspecified atom stereocenters. The SMILES string of the molecule is COc1cc(C=O)ccc1OCC(=O)N[C@@H](C)c1ccccc1. The van der Waals surface area contributed by atoms with Crippen LogP contribution >= 0.6 is 0 Å². The lowest BCUT2D eigenvalue weighted by Gasteiger charge is -2.15. The van der Waals surface area contributed by atoms with Crippen molar-refractivity contribution in [3.63, 3.8) is 0 Å². The summed E-state index contributed by atoms with van der Waals surface area (Å²) in [5.41, 5.74) is 1.50. The molecule has 0 aliphatic heterocycles. The molecule has 120 valence electrons. The van der Waals surface area contributed by atoms with Crippen LogP contribution in [0.3, 0.4) is 0 Å². The van der Waals surface area contributed by atoms with E-state index in [1.807, 2.05) is 37.3 Å². The minimum absolute atomic E-state index is 0.105. The standard InChI is InChI=1S/C18H19NO4/c1-13(15-6-4-3-5-7-15)19-18(21)12-23-16-9-8-14(11-20)10-17(16)22-2/h3-11,13H,12H2,1-2H3,(H,19,21)/t13-/m0/s1. The van der Waals surface area contributed by atoms with E-state index in [1.54, 1.807) is 18.2 Å². The lowest BCUT2D eigenvalue weighted by Crippen LogP contribution is -2.31. The number of methoxy groups -OCH3 is 1. The van der Waals surface area contributed by atoms with Crippen LogP contribution in [0.4, 0.5) is 0 Å². The third-order valence-corrected chi connectivity index (χ3v) is 3.36. The molecule has 0 aromatic heterocycles. The monoisotopic (exact) mass is 313 g/mol. The Balaban J connectivity index is 1.93. The molecule has 1 amide bonds. The van der Waals surface area contributed by atoms with Crippen molar-refractivity contribution in [3.8, 4) is 11.5 Å². The molecule has 0 heterocycles. The first-order valence-corrected chi connectivity index (χ1v) is 7.24. The molecule has 0 bridgehead atoms. The highest BCUT2D eigenvalue weighted by Gasteiger charge is 2.11. The van der Waals surface area contributed by atoms with Crippen LogP contribution in [0.5, 0.6) is 11.5 Å². The summed E-state index contributed by atoms with van der Waals surface area (Å²) in [6.45, 7) is 1.78. The smallest absolute Gasteiger partial charge is 0.258 e. The Labute approximate surface area is 135 Å². The quantitative estimate of drug-likeness (QED) is 0.798. The topological polar surface area (TPSA) is 64.6 Å². The maximum Gasteiger partial charge on any atom is 0.258 e. The van der Waals surface area contributed by atoms with E-state index in [0.29, 0.717) is 17.1 Å². The molecule has 0 radical (unpaired) electrons. The molecule has 5 heteroatoms. The number of rotatable bonds is 7. The van der Waals surface area contributed by atoms with E-state index in [-0.39, 0.29) is 18.6 Å². The molecule has 2 aromatic rings. The number of carbonyl (C=O) groups is 2. The van der Waals surface area contributed by atoms with Gasteiger partial charge in [0.15, 0.2) is 18.1 Å². The van der Waals surface area contributed by atoms with Crippen LogP contribution in [-0.2, 0) is 4.79 Å². The molecule has 0 saturated carbocycles. The zero-order chi connectivity index (χ0) is 16.7. The molecule has 0 spiro atoms. The van der Waals surface area contributed by atoms with Gasteiger partial charge in [-0.25, -0.2) is 0 Å². The van der Waals surface area contributed by atoms with Gasteiger partial charge in [0, 0.05) is 5.56 Å². The fourth-order valence-corrected chi connectivity index (χ4v) is 2.13. The zero-order valence-electron chi connectivity index (χ0n) is 13.1. The molecule has 0 fully saturated rings. The molecule has 1 N–H and O–H groups in total. The van der Waals surface area contributed by atoms with E-state index >= 15 is 0 Å². The normalized spacial score (nSPS) is 11.4. The summed E-state index contributed by atoms with van der Waals surface area (Å²) in [4.78, 5) is 22.7. The highest BCUT2D eigenvalue weighted by atomic mass is 16.5. The van der Waals surface area contributed by atoms with Crippen molar-refractivity contribution in [2.75, 3.05) is 13.7 Å². The minimum atomic E-state index is -0.233. The average Bonchev–Trinajstić information content (AvgIpc) is 2.60. The van der Waals surface area contributed by atoms with Gasteiger partial charge in [-0.1, -0.05) is 30.3 Å². The van der Waals surface area contributed by atoms with Crippen LogP contribution in [-0.4, -0.2) is 25.9 Å². The van der Waals surface area contributed by atoms with Gasteiger partial charge in [-0.2, -0.15) is 0 Å². The summed E-state index contributed by atoms with van der Waals surface area (Å²) >= 11 is 0. The van der Waals surface area contributed by atoms with Crippen molar-refractivity contribution < 1.29 is 19.1 Å². The number of aldehydes is 1. The lowest BCUT2D eigenvalue weighted by atomic mass is 10.1. The van der Waals surface area contributed by atoms with Crippen LogP contribution in [0.2, 0.25) is 0 Å². The minimum Gasteiger partial charge on any atom is -0.493 e. The van der Waals surface area contributed by atoms with E-state index in [1.165, 1.54) is 7.11 Å². The molecule has 23 heavy (non-hydrogen) atoms. The van der Waals surface area contributed by atoms with Crippen LogP contribution in [0, 0.1) is 0 Å². The predicted octanol–water partition coefficient (Wildman–Crippen LogP) is 2.76. The van der Waals surface area contributed by atoms with Gasteiger partial charge in [-0.3, -0.25) is 9.59 Å². The van der Waals surface area contributed by atoms with E-state index in [0.717, 1.165) is 11.8 Å². The van der Waals surface area contributed by atoms with Crippen molar-refractivity contribution in [3.05, 3.63) is 59.7 Å². The molecule has 2 rings (SSSR count). The highest BCUT2D eigenvalue weighted by Crippen LogP contribution is 2.27. The lowest BCUT2D eigenvalue weighted by molar-refractivity contribution is -0.123. The number of carbonyl (C=O) groups excluding carboxylic acids is 2. The van der Waals surface area contributed by atoms with Gasteiger partial charge in [0.25, 0.3) is 5.91 Å². The number of benzene rings is 2. The Bertz CT molecular complexity index is 670. The molecule has 2 aromatic carbocycles. The third kappa shape index (κ3) is 4.57. The Morgan fingerprint density at radius 1 is 1.17 bits per heavy atom. The second kappa shape index (κ2) is 7.98. The van der Waals surface area contributed by atoms with E-state index in [2.05, 4.69) is 5.32 Å². The summed E-state index contributed by atoms with van der Waals surface area (Å²) in [6, 6.07) is 14.4. The van der Waals surface area contributed by atoms with Crippen LogP contribution in [0.25, 0.3) is 0 Å². The Morgan fingerprint density at radius 3 is 2.57 bits per heavy atom. The molecule has 0 aliphatic carbocycles. The number of nitrogens with one attached hydrogen (secondary N) is 1. The Morgan fingerprint density at radius 2 is 1.91 bits per heavy atom. The Hall–Kier alpha value is -2.82. The van der Waals surface area contributed by atoms with Crippen molar-refractivity contribution in [1.82, 2.24) is 5.32 Å². The second-order valence-electron chi connectivity index (χ2n) is 5.02. The predicted molar refractivity (Wildman–Crippen MR) is 86.9 cm³/mol. The van der Waals surface area contributed by atoms with Gasteiger partial charge in [0.2, 0.25) is 0 Å². The number of hydrogen-bond donors (Lipinski definition) is 1. The summed E-state index contributed by atoms with van der Waals surface area (Å²) in [5, 5.41) is 2.87. The Kier molecular flexibility index (Phi) is 5.74. The highest BCUT2D eigenvalue weighted by molar-refractivity contribution is 5.78. The van der Waals surface area contributed by atoms with Gasteiger partial charge < -0.3 is 14.8 Å². The molecule has 0 aliphatic rings. The van der Waals surface area contributed by atoms with Crippen LogP contribution < -0.4 is 14.8 Å². The number of ether oxygens (including phenoxy) is 2. The summed E-state index contributed by atoms with van der Waals surface area (Å²) < 4.78 is 10.6. The summed E-state index contributed by atoms with van der Waals surface area (Å²) in [7, 11) is 1.48. The van der Waals surface area contributed by atoms with Gasteiger partial charge in [0.1, 0.15) is 6.29 Å². The molecular formula is C18H19NO4. The van der Waals surface area contributed by atoms with E-state index in [4.69, 9.17) is 9.47 Å². The molecular weight excluding hydrogens is 294 g/mol. The van der Waals surface area contributed by atoms with Crippen molar-refractivity contribution in [2.24, 2.45) is 0 Å². The summed E-state index contributed by atoms with van der Waals surface area (Å²) in [5.74, 6) is 0.599. The average molecular weight is 313 g/mol. The van der Waals surface area contributed by atoms with Gasteiger partial charge in [0.05, 0.1) is 13.2 Å². The number of hydrogen-bond acceptors (Lipinski definition) is 4. The second-order valence-corrected chi connectivity index (χ2v) is 5.02. The van der Waals surface area contributed by atoms with Gasteiger partial charge in [-0.05, 0) is 30.7 Å². The fraction of sp³-hybridized carbons (Fsp3) is 0.222. The molecule has 5 nitrogen and oxygen atoms in total. The zero-order valence-corrected chi connectivity index (χ0v) is 13.1.